The Morgan fingerprint density at radius 3 is 2.68 bits per heavy atom. The molecule has 0 unspecified atom stereocenters. The van der Waals surface area contributed by atoms with Crippen molar-refractivity contribution in [2.75, 3.05) is 6.54 Å². The predicted octanol–water partition coefficient (Wildman–Crippen LogP) is 2.68. The number of phenolic OH excluding ortho intramolecular Hbond substituents is 1. The molecule has 19 heavy (non-hydrogen) atoms. The summed E-state index contributed by atoms with van der Waals surface area (Å²) >= 11 is 8.12. The van der Waals surface area contributed by atoms with Crippen molar-refractivity contribution in [1.29, 1.82) is 0 Å². The summed E-state index contributed by atoms with van der Waals surface area (Å²) in [5.41, 5.74) is 5.74. The van der Waals surface area contributed by atoms with E-state index in [2.05, 4.69) is 15.9 Å². The van der Waals surface area contributed by atoms with Crippen molar-refractivity contribution < 1.29 is 9.90 Å². The van der Waals surface area contributed by atoms with Crippen LogP contribution in [-0.4, -0.2) is 33.5 Å². The summed E-state index contributed by atoms with van der Waals surface area (Å²) in [6.07, 6.45) is 0.466. The molecule has 0 saturated carbocycles. The van der Waals surface area contributed by atoms with E-state index in [4.69, 9.17) is 18.0 Å². The van der Waals surface area contributed by atoms with Gasteiger partial charge in [0.05, 0.1) is 10.6 Å². The van der Waals surface area contributed by atoms with E-state index in [9.17, 15) is 9.90 Å². The Balaban J connectivity index is 2.99. The van der Waals surface area contributed by atoms with Gasteiger partial charge in [0, 0.05) is 23.5 Å². The monoisotopic (exact) mass is 344 g/mol. The maximum Gasteiger partial charge on any atom is 0.257 e. The first kappa shape index (κ1) is 15.9. The molecule has 0 aliphatic rings. The molecule has 0 aliphatic heterocycles. The van der Waals surface area contributed by atoms with Crippen molar-refractivity contribution in [1.82, 2.24) is 4.90 Å². The van der Waals surface area contributed by atoms with Crippen LogP contribution >= 0.6 is 28.1 Å². The smallest absolute Gasteiger partial charge is 0.257 e. The number of carbonyl (C=O) groups is 1. The number of hydrogen-bond acceptors (Lipinski definition) is 3. The number of amides is 1. The van der Waals surface area contributed by atoms with Crippen LogP contribution in [-0.2, 0) is 0 Å². The van der Waals surface area contributed by atoms with Crippen LogP contribution in [0.25, 0.3) is 0 Å². The maximum absolute atomic E-state index is 12.4. The first-order valence-electron chi connectivity index (χ1n) is 5.90. The fraction of sp³-hybridized carbons (Fsp3) is 0.385. The lowest BCUT2D eigenvalue weighted by molar-refractivity contribution is 0.0708. The molecule has 0 aliphatic carbocycles. The molecule has 1 aromatic carbocycles. The number of nitrogens with zero attached hydrogens (tertiary/aromatic N) is 1. The van der Waals surface area contributed by atoms with Crippen LogP contribution < -0.4 is 5.73 Å². The second-order valence-electron chi connectivity index (χ2n) is 4.47. The lowest BCUT2D eigenvalue weighted by atomic mass is 10.1. The molecule has 1 aromatic rings. The summed E-state index contributed by atoms with van der Waals surface area (Å²) in [5, 5.41) is 9.79. The van der Waals surface area contributed by atoms with Gasteiger partial charge in [-0.05, 0) is 32.0 Å². The van der Waals surface area contributed by atoms with Crippen LogP contribution in [0.4, 0.5) is 0 Å². The highest BCUT2D eigenvalue weighted by molar-refractivity contribution is 9.10. The zero-order valence-electron chi connectivity index (χ0n) is 10.9. The summed E-state index contributed by atoms with van der Waals surface area (Å²) in [7, 11) is 0. The first-order valence-corrected chi connectivity index (χ1v) is 7.11. The van der Waals surface area contributed by atoms with Gasteiger partial charge in [0.1, 0.15) is 5.75 Å². The van der Waals surface area contributed by atoms with Gasteiger partial charge in [-0.3, -0.25) is 4.79 Å². The van der Waals surface area contributed by atoms with Gasteiger partial charge in [0.25, 0.3) is 5.91 Å². The molecule has 0 atom stereocenters. The molecular formula is C13H17BrN2O2S. The highest BCUT2D eigenvalue weighted by Gasteiger charge is 2.21. The van der Waals surface area contributed by atoms with E-state index in [-0.39, 0.29) is 23.3 Å². The van der Waals surface area contributed by atoms with Gasteiger partial charge in [0.15, 0.2) is 0 Å². The molecule has 0 bridgehead atoms. The minimum absolute atomic E-state index is 0.000214. The van der Waals surface area contributed by atoms with Gasteiger partial charge in [-0.2, -0.15) is 0 Å². The van der Waals surface area contributed by atoms with Crippen LogP contribution in [0.1, 0.15) is 30.6 Å². The van der Waals surface area contributed by atoms with E-state index < -0.39 is 0 Å². The zero-order valence-corrected chi connectivity index (χ0v) is 13.3. The van der Waals surface area contributed by atoms with Crippen molar-refractivity contribution in [3.8, 4) is 5.75 Å². The van der Waals surface area contributed by atoms with Gasteiger partial charge in [-0.15, -0.1) is 0 Å². The lowest BCUT2D eigenvalue weighted by Gasteiger charge is -2.27. The Hall–Kier alpha value is -1.14. The Labute approximate surface area is 126 Å². The number of aromatic hydroxyl groups is 1. The minimum Gasteiger partial charge on any atom is -0.507 e. The molecule has 1 amide bonds. The number of thiocarbonyl (C=S) groups is 1. The van der Waals surface area contributed by atoms with Crippen LogP contribution in [0.2, 0.25) is 0 Å². The number of carbonyl (C=O) groups excluding carboxylic acids is 1. The third-order valence-corrected chi connectivity index (χ3v) is 3.37. The Morgan fingerprint density at radius 1 is 1.53 bits per heavy atom. The van der Waals surface area contributed by atoms with Crippen molar-refractivity contribution in [2.45, 2.75) is 26.3 Å². The lowest BCUT2D eigenvalue weighted by Crippen LogP contribution is -2.39. The van der Waals surface area contributed by atoms with Crippen LogP contribution in [0, 0.1) is 0 Å². The highest BCUT2D eigenvalue weighted by Crippen LogP contribution is 2.24. The van der Waals surface area contributed by atoms with Crippen molar-refractivity contribution >= 4 is 39.0 Å². The third kappa shape index (κ3) is 4.47. The van der Waals surface area contributed by atoms with Crippen LogP contribution in [0.5, 0.6) is 5.75 Å². The van der Waals surface area contributed by atoms with Gasteiger partial charge in [-0.1, -0.05) is 28.1 Å². The molecule has 0 fully saturated rings. The van der Waals surface area contributed by atoms with E-state index >= 15 is 0 Å². The highest BCUT2D eigenvalue weighted by atomic mass is 79.9. The topological polar surface area (TPSA) is 66.6 Å². The number of halogens is 1. The normalized spacial score (nSPS) is 10.5. The van der Waals surface area contributed by atoms with E-state index in [1.54, 1.807) is 17.0 Å². The van der Waals surface area contributed by atoms with Gasteiger partial charge in [-0.25, -0.2) is 0 Å². The van der Waals surface area contributed by atoms with Crippen LogP contribution in [0.3, 0.4) is 0 Å². The third-order valence-electron chi connectivity index (χ3n) is 2.67. The van der Waals surface area contributed by atoms with Crippen molar-refractivity contribution in [2.24, 2.45) is 5.73 Å². The van der Waals surface area contributed by atoms with E-state index in [0.29, 0.717) is 18.0 Å². The number of hydrogen-bond donors (Lipinski definition) is 2. The molecule has 104 valence electrons. The average molecular weight is 345 g/mol. The van der Waals surface area contributed by atoms with Gasteiger partial charge < -0.3 is 15.7 Å². The number of nitrogens with two attached hydrogens (primary N) is 1. The molecule has 0 saturated heterocycles. The molecule has 4 nitrogen and oxygen atoms in total. The molecular weight excluding hydrogens is 328 g/mol. The summed E-state index contributed by atoms with van der Waals surface area (Å²) < 4.78 is 0.742. The SMILES string of the molecule is CC(C)N(CCC(N)=S)C(=O)c1cc(Br)ccc1O. The molecule has 6 heteroatoms. The second kappa shape index (κ2) is 6.86. The summed E-state index contributed by atoms with van der Waals surface area (Å²) in [6, 6.07) is 4.78. The van der Waals surface area contributed by atoms with Crippen molar-refractivity contribution in [3.05, 3.63) is 28.2 Å². The molecule has 0 aromatic heterocycles. The molecule has 0 radical (unpaired) electrons. The van der Waals surface area contributed by atoms with E-state index in [1.165, 1.54) is 6.07 Å². The fourth-order valence-electron chi connectivity index (χ4n) is 1.66. The van der Waals surface area contributed by atoms with Gasteiger partial charge >= 0.3 is 0 Å². The van der Waals surface area contributed by atoms with E-state index in [0.717, 1.165) is 4.47 Å². The average Bonchev–Trinajstić information content (AvgIpc) is 2.31. The molecule has 0 spiro atoms. The van der Waals surface area contributed by atoms with Crippen LogP contribution in [0.15, 0.2) is 22.7 Å². The number of phenols is 1. The molecule has 3 N–H and O–H groups in total. The Morgan fingerprint density at radius 2 is 2.16 bits per heavy atom. The molecule has 1 rings (SSSR count). The molecule has 0 heterocycles. The predicted molar refractivity (Wildman–Crippen MR) is 83.4 cm³/mol. The number of benzene rings is 1. The maximum atomic E-state index is 12.4. The Bertz CT molecular complexity index is 492. The van der Waals surface area contributed by atoms with Crippen molar-refractivity contribution in [3.63, 3.8) is 0 Å². The zero-order chi connectivity index (χ0) is 14.6. The second-order valence-corrected chi connectivity index (χ2v) is 5.91. The summed E-state index contributed by atoms with van der Waals surface area (Å²) in [5.74, 6) is -0.265. The van der Waals surface area contributed by atoms with Gasteiger partial charge in [0.2, 0.25) is 0 Å². The fourth-order valence-corrected chi connectivity index (χ4v) is 2.11. The minimum atomic E-state index is -0.231. The van der Waals surface area contributed by atoms with E-state index in [1.807, 2.05) is 13.8 Å². The number of rotatable bonds is 5. The summed E-state index contributed by atoms with van der Waals surface area (Å²) in [4.78, 5) is 14.4. The summed E-state index contributed by atoms with van der Waals surface area (Å²) in [6.45, 7) is 4.26. The quantitative estimate of drug-likeness (QED) is 0.806. The Kier molecular flexibility index (Phi) is 5.75. The standard InChI is InChI=1S/C13H17BrN2O2S/c1-8(2)16(6-5-12(15)19)13(18)10-7-9(14)3-4-11(10)17/h3-4,7-8,17H,5-6H2,1-2H3,(H2,15,19). The first-order chi connectivity index (χ1) is 8.82. The largest absolute Gasteiger partial charge is 0.507 e.